The van der Waals surface area contributed by atoms with E-state index in [1.54, 1.807) is 0 Å². The molecule has 0 aliphatic carbocycles. The monoisotopic (exact) mass is 675 g/mol. The summed E-state index contributed by atoms with van der Waals surface area (Å²) in [7, 11) is 2.33. The van der Waals surface area contributed by atoms with Crippen molar-refractivity contribution in [3.05, 3.63) is 146 Å². The zero-order valence-corrected chi connectivity index (χ0v) is 32.6. The maximum atomic E-state index is 2.45. The molecule has 0 saturated carbocycles. The van der Waals surface area contributed by atoms with E-state index in [1.807, 2.05) is 0 Å². The van der Waals surface area contributed by atoms with Crippen LogP contribution in [0.25, 0.3) is 11.4 Å². The highest BCUT2D eigenvalue weighted by Gasteiger charge is 2.46. The first-order valence-corrected chi connectivity index (χ1v) is 18.2. The van der Waals surface area contributed by atoms with Crippen LogP contribution < -0.4 is 19.9 Å². The largest absolute Gasteiger partial charge is 0.468 e. The average Bonchev–Trinajstić information content (AvgIpc) is 3.75. The van der Waals surface area contributed by atoms with Crippen LogP contribution in [-0.4, -0.2) is 40.2 Å². The lowest BCUT2D eigenvalue weighted by molar-refractivity contribution is -0.371. The number of hydrogen-bond donors (Lipinski definition) is 0. The van der Waals surface area contributed by atoms with Gasteiger partial charge >= 0.3 is 11.6 Å². The minimum absolute atomic E-state index is 0.834. The third-order valence-electron chi connectivity index (χ3n) is 10.5. The first-order valence-electron chi connectivity index (χ1n) is 18.2. The summed E-state index contributed by atoms with van der Waals surface area (Å²) in [5.74, 6) is 1.12. The van der Waals surface area contributed by atoms with Gasteiger partial charge in [0.2, 0.25) is 11.9 Å². The molecule has 0 bridgehead atoms. The second kappa shape index (κ2) is 13.0. The van der Waals surface area contributed by atoms with Crippen molar-refractivity contribution >= 4 is 24.9 Å². The zero-order valence-electron chi connectivity index (χ0n) is 32.6. The van der Waals surface area contributed by atoms with Crippen LogP contribution in [0.15, 0.2) is 73.3 Å². The molecule has 1 saturated heterocycles. The predicted octanol–water partition coefficient (Wildman–Crippen LogP) is 8.12. The number of imidazole rings is 1. The standard InChI is InChI=1S/C44H52BN6/c1-27-19-31(5)39(32(6)20-27)46-13-14-47(40-33(7)21-28(2)22-34(40)8)43(46)50-17-18-51(45-50)44-48(41-35(9)23-29(3)24-36(41)10)15-16-49(44)42-37(11)25-30(4)26-38(42)12/h13-16,19-26H,17-18H2,1-12H3/q+2. The first kappa shape index (κ1) is 34.6. The van der Waals surface area contributed by atoms with Crippen LogP contribution >= 0.6 is 0 Å². The van der Waals surface area contributed by atoms with Gasteiger partial charge in [0, 0.05) is 16.0 Å². The van der Waals surface area contributed by atoms with Gasteiger partial charge in [-0.05, 0) is 116 Å². The Morgan fingerprint density at radius 1 is 0.471 bits per heavy atom. The number of guanidine groups is 1. The molecule has 2 aliphatic heterocycles. The summed E-state index contributed by atoms with van der Waals surface area (Å²) in [5.41, 5.74) is 21.4. The fourth-order valence-corrected chi connectivity index (χ4v) is 9.03. The maximum absolute atomic E-state index is 2.45. The predicted molar refractivity (Wildman–Crippen MR) is 214 cm³/mol. The molecule has 51 heavy (non-hydrogen) atoms. The Bertz CT molecular complexity index is 2140. The smallest absolute Gasteiger partial charge is 0.457 e. The van der Waals surface area contributed by atoms with Crippen molar-refractivity contribution < 1.29 is 4.49 Å². The molecule has 1 fully saturated rings. The molecule has 4 aromatic carbocycles. The van der Waals surface area contributed by atoms with E-state index in [4.69, 9.17) is 0 Å². The molecular weight excluding hydrogens is 623 g/mol. The number of rotatable bonds is 4. The summed E-state index contributed by atoms with van der Waals surface area (Å²) in [6.45, 7) is 28.3. The highest BCUT2D eigenvalue weighted by atomic mass is 15.4. The molecule has 2 aliphatic rings. The summed E-state index contributed by atoms with van der Waals surface area (Å²) in [4.78, 5) is 4.80. The lowest BCUT2D eigenvalue weighted by Crippen LogP contribution is -2.46. The third-order valence-corrected chi connectivity index (χ3v) is 10.5. The highest BCUT2D eigenvalue weighted by Crippen LogP contribution is 2.35. The Balaban J connectivity index is 1.50. The van der Waals surface area contributed by atoms with Crippen molar-refractivity contribution in [2.24, 2.45) is 0 Å². The topological polar surface area (TPSA) is 25.0 Å². The van der Waals surface area contributed by atoms with Crippen LogP contribution in [0.3, 0.4) is 0 Å². The Morgan fingerprint density at radius 2 is 0.843 bits per heavy atom. The Labute approximate surface area is 305 Å². The molecule has 7 rings (SSSR count). The zero-order chi connectivity index (χ0) is 36.5. The molecule has 0 unspecified atom stereocenters. The molecule has 1 aromatic heterocycles. The van der Waals surface area contributed by atoms with Crippen LogP contribution in [0.2, 0.25) is 0 Å². The van der Waals surface area contributed by atoms with E-state index >= 15 is 0 Å². The molecule has 7 heteroatoms. The lowest BCUT2D eigenvalue weighted by Gasteiger charge is -2.19. The van der Waals surface area contributed by atoms with Gasteiger partial charge in [0.05, 0.1) is 13.1 Å². The Kier molecular flexibility index (Phi) is 8.83. The molecular formula is C44H52BN6+2. The SMILES string of the molecule is Cc1cc(C)c(N2C=C[N+](c3c(C)cc(C)cc3C)C2=[N+]2[B-][N+](=c3n(-c4c(C)cc(C)cc4C)ccn3-c3c(C)cc(C)cc3C)CC2)c(C)c1. The van der Waals surface area contributed by atoms with E-state index in [-0.39, 0.29) is 0 Å². The second-order valence-electron chi connectivity index (χ2n) is 15.2. The van der Waals surface area contributed by atoms with Gasteiger partial charge in [0.1, 0.15) is 29.5 Å². The minimum atomic E-state index is 0.834. The van der Waals surface area contributed by atoms with Gasteiger partial charge < -0.3 is 8.97 Å². The van der Waals surface area contributed by atoms with Crippen LogP contribution in [0.1, 0.15) is 66.8 Å². The number of hydrogen-bond acceptors (Lipinski definition) is 0. The van der Waals surface area contributed by atoms with Gasteiger partial charge in [-0.1, -0.05) is 70.8 Å². The van der Waals surface area contributed by atoms with E-state index in [0.717, 1.165) is 24.7 Å². The van der Waals surface area contributed by atoms with Crippen LogP contribution in [0.4, 0.5) is 11.4 Å². The molecule has 0 N–H and O–H groups in total. The summed E-state index contributed by atoms with van der Waals surface area (Å²) in [5, 5.41) is 0. The quantitative estimate of drug-likeness (QED) is 0.140. The molecule has 0 amide bonds. The van der Waals surface area contributed by atoms with Crippen molar-refractivity contribution in [3.8, 4) is 11.4 Å². The van der Waals surface area contributed by atoms with E-state index in [2.05, 4.69) is 192 Å². The van der Waals surface area contributed by atoms with Crippen LogP contribution in [-0.2, 0) is 0 Å². The Hall–Kier alpha value is -4.88. The van der Waals surface area contributed by atoms with Crippen molar-refractivity contribution in [2.75, 3.05) is 18.0 Å². The molecule has 5 aromatic rings. The summed E-state index contributed by atoms with van der Waals surface area (Å²) in [6, 6.07) is 18.4. The van der Waals surface area contributed by atoms with Gasteiger partial charge in [-0.25, -0.2) is 9.13 Å². The van der Waals surface area contributed by atoms with Crippen LogP contribution in [0.5, 0.6) is 0 Å². The fourth-order valence-electron chi connectivity index (χ4n) is 9.03. The molecule has 0 atom stereocenters. The summed E-state index contributed by atoms with van der Waals surface area (Å²) in [6.07, 6.45) is 8.98. The number of aromatic nitrogens is 2. The minimum Gasteiger partial charge on any atom is -0.457 e. The average molecular weight is 676 g/mol. The van der Waals surface area contributed by atoms with E-state index in [1.165, 1.54) is 89.5 Å². The third kappa shape index (κ3) is 6.01. The van der Waals surface area contributed by atoms with Crippen LogP contribution in [0, 0.1) is 83.1 Å². The van der Waals surface area contributed by atoms with Crippen molar-refractivity contribution in [3.63, 3.8) is 0 Å². The second-order valence-corrected chi connectivity index (χ2v) is 15.2. The van der Waals surface area contributed by atoms with Crippen molar-refractivity contribution in [2.45, 2.75) is 83.1 Å². The Morgan fingerprint density at radius 3 is 1.27 bits per heavy atom. The molecule has 6 nitrogen and oxygen atoms in total. The van der Waals surface area contributed by atoms with Gasteiger partial charge in [0.15, 0.2) is 13.7 Å². The normalized spacial score (nSPS) is 14.9. The van der Waals surface area contributed by atoms with Gasteiger partial charge in [0.25, 0.3) is 0 Å². The van der Waals surface area contributed by atoms with Gasteiger partial charge in [-0.2, -0.15) is 0 Å². The number of anilines is 2. The molecule has 0 spiro atoms. The van der Waals surface area contributed by atoms with Gasteiger partial charge in [-0.15, -0.1) is 4.90 Å². The van der Waals surface area contributed by atoms with Gasteiger partial charge in [-0.3, -0.25) is 0 Å². The fraction of sp³-hybridized carbons (Fsp3) is 0.318. The number of benzene rings is 4. The molecule has 259 valence electrons. The first-order chi connectivity index (χ1) is 24.2. The van der Waals surface area contributed by atoms with Crippen molar-refractivity contribution in [1.29, 1.82) is 0 Å². The summed E-state index contributed by atoms with van der Waals surface area (Å²) >= 11 is 0. The summed E-state index contributed by atoms with van der Waals surface area (Å²) < 4.78 is 9.70. The number of aryl methyl sites for hydroxylation is 12. The van der Waals surface area contributed by atoms with E-state index in [0.29, 0.717) is 0 Å². The maximum Gasteiger partial charge on any atom is 0.468 e. The van der Waals surface area contributed by atoms with E-state index in [9.17, 15) is 0 Å². The highest BCUT2D eigenvalue weighted by molar-refractivity contribution is 6.26. The molecule has 3 radical (unpaired) electrons. The van der Waals surface area contributed by atoms with E-state index < -0.39 is 0 Å². The molecule has 3 heterocycles. The van der Waals surface area contributed by atoms with Crippen molar-refractivity contribution in [1.82, 2.24) is 18.5 Å². The lowest BCUT2D eigenvalue weighted by atomic mass is 10.0. The number of nitrogens with zero attached hydrogens (tertiary/aromatic N) is 6.